The molecule has 1 rings (SSSR count). The lowest BCUT2D eigenvalue weighted by molar-refractivity contribution is -0.144. The van der Waals surface area contributed by atoms with E-state index >= 15 is 0 Å². The molecule has 94 valence electrons. The minimum atomic E-state index is -1.14. The Hall–Kier alpha value is -1.60. The summed E-state index contributed by atoms with van der Waals surface area (Å²) in [7, 11) is 1.61. The molecule has 0 aliphatic carbocycles. The molecule has 1 aromatic heterocycles. The van der Waals surface area contributed by atoms with Crippen LogP contribution >= 0.6 is 11.3 Å². The summed E-state index contributed by atoms with van der Waals surface area (Å²) in [5.74, 6) is -1.14. The van der Waals surface area contributed by atoms with E-state index in [2.05, 4.69) is 10.3 Å². The lowest BCUT2D eigenvalue weighted by atomic mass is 10.2. The number of hydrogen-bond acceptors (Lipinski definition) is 4. The van der Waals surface area contributed by atoms with Crippen molar-refractivity contribution in [3.8, 4) is 0 Å². The summed E-state index contributed by atoms with van der Waals surface area (Å²) < 4.78 is 0. The zero-order valence-corrected chi connectivity index (χ0v) is 10.4. The lowest BCUT2D eigenvalue weighted by Crippen LogP contribution is -2.39. The van der Waals surface area contributed by atoms with E-state index in [4.69, 9.17) is 5.11 Å². The predicted octanol–water partition coefficient (Wildman–Crippen LogP) is 1.47. The highest BCUT2D eigenvalue weighted by atomic mass is 32.1. The number of nitrogens with one attached hydrogen (secondary N) is 1. The van der Waals surface area contributed by atoms with E-state index in [1.165, 1.54) is 4.90 Å². The third-order valence-electron chi connectivity index (χ3n) is 2.21. The third-order valence-corrected chi connectivity index (χ3v) is 3.25. The number of amides is 2. The Morgan fingerprint density at radius 2 is 2.35 bits per heavy atom. The highest BCUT2D eigenvalue weighted by Gasteiger charge is 2.18. The van der Waals surface area contributed by atoms with Gasteiger partial charge in [0.15, 0.2) is 6.61 Å². The molecule has 1 atom stereocenters. The number of carbonyl (C=O) groups excluding carboxylic acids is 1. The van der Waals surface area contributed by atoms with Crippen LogP contribution in [0.15, 0.2) is 17.5 Å². The highest BCUT2D eigenvalue weighted by molar-refractivity contribution is 7.10. The van der Waals surface area contributed by atoms with Crippen LogP contribution in [-0.2, 0) is 9.63 Å². The number of carbonyl (C=O) groups is 2. The van der Waals surface area contributed by atoms with Crippen LogP contribution in [0.1, 0.15) is 17.8 Å². The molecule has 6 nitrogen and oxygen atoms in total. The summed E-state index contributed by atoms with van der Waals surface area (Å²) in [6, 6.07) is 3.26. The summed E-state index contributed by atoms with van der Waals surface area (Å²) in [5, 5.41) is 10.3. The molecule has 0 bridgehead atoms. The maximum absolute atomic E-state index is 11.6. The fraction of sp³-hybridized carbons (Fsp3) is 0.400. The average molecular weight is 258 g/mol. The summed E-state index contributed by atoms with van der Waals surface area (Å²) in [4.78, 5) is 28.7. The molecule has 0 radical (unpaired) electrons. The van der Waals surface area contributed by atoms with Crippen molar-refractivity contribution in [2.75, 3.05) is 13.7 Å². The normalized spacial score (nSPS) is 11.9. The van der Waals surface area contributed by atoms with Crippen LogP contribution in [0.3, 0.4) is 0 Å². The maximum Gasteiger partial charge on any atom is 0.341 e. The lowest BCUT2D eigenvalue weighted by Gasteiger charge is -2.23. The van der Waals surface area contributed by atoms with E-state index in [0.29, 0.717) is 0 Å². The summed E-state index contributed by atoms with van der Waals surface area (Å²) in [5.41, 5.74) is 2.07. The quantitative estimate of drug-likeness (QED) is 0.784. The number of aliphatic carboxylic acids is 1. The average Bonchev–Trinajstić information content (AvgIpc) is 2.79. The van der Waals surface area contributed by atoms with Gasteiger partial charge in [0, 0.05) is 11.9 Å². The number of rotatable bonds is 5. The van der Waals surface area contributed by atoms with Crippen molar-refractivity contribution in [2.24, 2.45) is 0 Å². The molecule has 7 heteroatoms. The number of carboxylic acids is 1. The Morgan fingerprint density at radius 1 is 1.65 bits per heavy atom. The Kier molecular flexibility index (Phi) is 4.92. The van der Waals surface area contributed by atoms with E-state index in [0.717, 1.165) is 4.88 Å². The van der Waals surface area contributed by atoms with Crippen molar-refractivity contribution in [1.29, 1.82) is 0 Å². The fourth-order valence-corrected chi connectivity index (χ4v) is 1.95. The minimum Gasteiger partial charge on any atom is -0.479 e. The molecule has 1 heterocycles. The molecular formula is C10H14N2O4S. The summed E-state index contributed by atoms with van der Waals surface area (Å²) in [6.07, 6.45) is 0. The van der Waals surface area contributed by atoms with Crippen molar-refractivity contribution >= 4 is 23.3 Å². The number of carboxylic acid groups (broad SMARTS) is 1. The van der Waals surface area contributed by atoms with Crippen molar-refractivity contribution < 1.29 is 19.5 Å². The molecule has 1 unspecified atom stereocenters. The van der Waals surface area contributed by atoms with Gasteiger partial charge in [0.05, 0.1) is 6.04 Å². The highest BCUT2D eigenvalue weighted by Crippen LogP contribution is 2.23. The van der Waals surface area contributed by atoms with Gasteiger partial charge in [-0.3, -0.25) is 4.84 Å². The van der Waals surface area contributed by atoms with Gasteiger partial charge >= 0.3 is 12.0 Å². The van der Waals surface area contributed by atoms with Gasteiger partial charge < -0.3 is 10.0 Å². The van der Waals surface area contributed by atoms with Crippen LogP contribution in [0.2, 0.25) is 0 Å². The molecule has 0 saturated heterocycles. The van der Waals surface area contributed by atoms with Gasteiger partial charge in [0.2, 0.25) is 0 Å². The number of nitrogens with zero attached hydrogens (tertiary/aromatic N) is 1. The van der Waals surface area contributed by atoms with Gasteiger partial charge in [0.1, 0.15) is 0 Å². The van der Waals surface area contributed by atoms with Crippen LogP contribution in [0.4, 0.5) is 4.79 Å². The van der Waals surface area contributed by atoms with Crippen molar-refractivity contribution in [3.63, 3.8) is 0 Å². The first kappa shape index (κ1) is 13.5. The second kappa shape index (κ2) is 6.21. The van der Waals surface area contributed by atoms with Crippen molar-refractivity contribution in [3.05, 3.63) is 22.4 Å². The Bertz CT molecular complexity index is 380. The van der Waals surface area contributed by atoms with E-state index in [-0.39, 0.29) is 6.04 Å². The number of hydrogen-bond donors (Lipinski definition) is 2. The first-order valence-electron chi connectivity index (χ1n) is 4.92. The van der Waals surface area contributed by atoms with E-state index < -0.39 is 18.6 Å². The van der Waals surface area contributed by atoms with Gasteiger partial charge in [-0.05, 0) is 18.4 Å². The van der Waals surface area contributed by atoms with Gasteiger partial charge in [-0.25, -0.2) is 15.1 Å². The minimum absolute atomic E-state index is 0.0940. The van der Waals surface area contributed by atoms with Crippen LogP contribution < -0.4 is 5.48 Å². The zero-order chi connectivity index (χ0) is 12.8. The number of hydroxylamine groups is 1. The van der Waals surface area contributed by atoms with E-state index in [1.54, 1.807) is 18.4 Å². The maximum atomic E-state index is 11.6. The second-order valence-electron chi connectivity index (χ2n) is 3.39. The monoisotopic (exact) mass is 258 g/mol. The fourth-order valence-electron chi connectivity index (χ4n) is 1.13. The smallest absolute Gasteiger partial charge is 0.341 e. The van der Waals surface area contributed by atoms with Gasteiger partial charge in [-0.1, -0.05) is 6.07 Å². The number of thiophene rings is 1. The van der Waals surface area contributed by atoms with E-state index in [9.17, 15) is 9.59 Å². The molecule has 0 aromatic carbocycles. The van der Waals surface area contributed by atoms with Crippen LogP contribution in [-0.4, -0.2) is 35.7 Å². The van der Waals surface area contributed by atoms with Gasteiger partial charge in [-0.15, -0.1) is 11.3 Å². The number of urea groups is 1. The van der Waals surface area contributed by atoms with Crippen LogP contribution in [0, 0.1) is 0 Å². The molecule has 2 amide bonds. The predicted molar refractivity (Wildman–Crippen MR) is 62.6 cm³/mol. The first-order chi connectivity index (χ1) is 8.02. The third kappa shape index (κ3) is 4.04. The molecule has 17 heavy (non-hydrogen) atoms. The molecule has 0 aliphatic heterocycles. The van der Waals surface area contributed by atoms with Crippen molar-refractivity contribution in [2.45, 2.75) is 13.0 Å². The second-order valence-corrected chi connectivity index (χ2v) is 4.37. The molecular weight excluding hydrogens is 244 g/mol. The standard InChI is InChI=1S/C10H14N2O4S/c1-7(8-4-3-5-17-8)12(2)10(15)11-16-6-9(13)14/h3-5,7H,6H2,1-2H3,(H,11,15)(H,13,14). The molecule has 2 N–H and O–H groups in total. The molecule has 0 fully saturated rings. The first-order valence-corrected chi connectivity index (χ1v) is 5.80. The van der Waals surface area contributed by atoms with E-state index in [1.807, 2.05) is 24.4 Å². The zero-order valence-electron chi connectivity index (χ0n) is 9.54. The van der Waals surface area contributed by atoms with Crippen molar-refractivity contribution in [1.82, 2.24) is 10.4 Å². The molecule has 0 spiro atoms. The molecule has 1 aromatic rings. The van der Waals surface area contributed by atoms with Gasteiger partial charge in [-0.2, -0.15) is 0 Å². The van der Waals surface area contributed by atoms with Crippen LogP contribution in [0.5, 0.6) is 0 Å². The summed E-state index contributed by atoms with van der Waals surface area (Å²) >= 11 is 1.55. The van der Waals surface area contributed by atoms with Crippen LogP contribution in [0.25, 0.3) is 0 Å². The topological polar surface area (TPSA) is 78.9 Å². The van der Waals surface area contributed by atoms with Gasteiger partial charge in [0.25, 0.3) is 0 Å². The Labute approximate surface area is 103 Å². The Balaban J connectivity index is 2.43. The SMILES string of the molecule is CC(c1cccs1)N(C)C(=O)NOCC(=O)O. The Morgan fingerprint density at radius 3 is 2.88 bits per heavy atom. The molecule has 0 saturated carbocycles. The summed E-state index contributed by atoms with van der Waals surface area (Å²) in [6.45, 7) is 1.32. The largest absolute Gasteiger partial charge is 0.479 e. The molecule has 0 aliphatic rings.